The SMILES string of the molecule is Cc1nnc2n1C1(CCN(Cc3cccc(F)c3)CC1)CN(C)C2.O=C(O)C(F)(F)F.O=C(O)C(F)(F)F. The number of fused-ring (bicyclic) bond motifs is 2. The maximum atomic E-state index is 13.4. The minimum absolute atomic E-state index is 0.106. The predicted molar refractivity (Wildman–Crippen MR) is 117 cm³/mol. The minimum Gasteiger partial charge on any atom is -0.475 e. The summed E-state index contributed by atoms with van der Waals surface area (Å²) in [5.74, 6) is -3.56. The van der Waals surface area contributed by atoms with E-state index in [0.29, 0.717) is 0 Å². The Bertz CT molecular complexity index is 1090. The number of alkyl halides is 6. The molecule has 0 bridgehead atoms. The first-order valence-electron chi connectivity index (χ1n) is 11.1. The average molecular weight is 557 g/mol. The summed E-state index contributed by atoms with van der Waals surface area (Å²) in [5, 5.41) is 22.9. The quantitative estimate of drug-likeness (QED) is 0.541. The van der Waals surface area contributed by atoms with Crippen LogP contribution in [0.15, 0.2) is 24.3 Å². The number of carboxylic acid groups (broad SMARTS) is 2. The molecular formula is C22H26F7N5O4. The highest BCUT2D eigenvalue weighted by Gasteiger charge is 2.43. The third-order valence-corrected chi connectivity index (χ3v) is 5.91. The second kappa shape index (κ2) is 12.1. The number of carbonyl (C=O) groups is 2. The van der Waals surface area contributed by atoms with Crippen molar-refractivity contribution >= 4 is 11.9 Å². The third kappa shape index (κ3) is 8.37. The molecule has 2 aliphatic rings. The van der Waals surface area contributed by atoms with Crippen molar-refractivity contribution in [2.45, 2.75) is 50.7 Å². The number of hydrogen-bond acceptors (Lipinski definition) is 6. The van der Waals surface area contributed by atoms with Crippen molar-refractivity contribution in [3.63, 3.8) is 0 Å². The Hall–Kier alpha value is -3.27. The zero-order valence-corrected chi connectivity index (χ0v) is 20.4. The van der Waals surface area contributed by atoms with Gasteiger partial charge in [0.25, 0.3) is 0 Å². The second-order valence-electron chi connectivity index (χ2n) is 8.91. The smallest absolute Gasteiger partial charge is 0.475 e. The van der Waals surface area contributed by atoms with Gasteiger partial charge >= 0.3 is 24.3 Å². The summed E-state index contributed by atoms with van der Waals surface area (Å²) >= 11 is 0. The van der Waals surface area contributed by atoms with Gasteiger partial charge in [-0.1, -0.05) is 12.1 Å². The van der Waals surface area contributed by atoms with Crippen molar-refractivity contribution in [3.05, 3.63) is 47.3 Å². The Kier molecular flexibility index (Phi) is 9.83. The number of piperidine rings is 1. The number of benzene rings is 1. The zero-order valence-electron chi connectivity index (χ0n) is 20.4. The van der Waals surface area contributed by atoms with Gasteiger partial charge in [0, 0.05) is 26.2 Å². The van der Waals surface area contributed by atoms with Crippen LogP contribution < -0.4 is 0 Å². The normalized spacial score (nSPS) is 17.5. The number of rotatable bonds is 2. The monoisotopic (exact) mass is 557 g/mol. The molecule has 212 valence electrons. The highest BCUT2D eigenvalue weighted by molar-refractivity contribution is 5.73. The number of aromatic nitrogens is 3. The first kappa shape index (κ1) is 31.0. The molecule has 0 atom stereocenters. The van der Waals surface area contributed by atoms with Crippen molar-refractivity contribution in [1.29, 1.82) is 0 Å². The number of aliphatic carboxylic acids is 2. The van der Waals surface area contributed by atoms with E-state index >= 15 is 0 Å². The lowest BCUT2D eigenvalue weighted by Gasteiger charge is -2.48. The molecule has 0 amide bonds. The average Bonchev–Trinajstić information content (AvgIpc) is 3.16. The van der Waals surface area contributed by atoms with Gasteiger partial charge in [-0.2, -0.15) is 26.3 Å². The van der Waals surface area contributed by atoms with Gasteiger partial charge in [0.05, 0.1) is 12.1 Å². The molecule has 1 fully saturated rings. The van der Waals surface area contributed by atoms with Crippen LogP contribution in [0.5, 0.6) is 0 Å². The number of aryl methyl sites for hydroxylation is 1. The Balaban J connectivity index is 0.000000301. The van der Waals surface area contributed by atoms with Crippen LogP contribution >= 0.6 is 0 Å². The van der Waals surface area contributed by atoms with Crippen LogP contribution in [0.4, 0.5) is 30.7 Å². The van der Waals surface area contributed by atoms with E-state index in [-0.39, 0.29) is 11.4 Å². The molecule has 0 unspecified atom stereocenters. The summed E-state index contributed by atoms with van der Waals surface area (Å²) in [7, 11) is 2.16. The van der Waals surface area contributed by atoms with Gasteiger partial charge in [-0.25, -0.2) is 14.0 Å². The van der Waals surface area contributed by atoms with Crippen LogP contribution in [0.25, 0.3) is 0 Å². The first-order chi connectivity index (χ1) is 17.4. The molecule has 4 rings (SSSR count). The molecule has 1 spiro atoms. The molecule has 0 aliphatic carbocycles. The molecule has 2 aliphatic heterocycles. The fraction of sp³-hybridized carbons (Fsp3) is 0.545. The second-order valence-corrected chi connectivity index (χ2v) is 8.91. The van der Waals surface area contributed by atoms with Gasteiger partial charge in [-0.3, -0.25) is 9.80 Å². The molecule has 1 aromatic heterocycles. The van der Waals surface area contributed by atoms with Gasteiger partial charge in [-0.15, -0.1) is 10.2 Å². The van der Waals surface area contributed by atoms with Gasteiger partial charge in [0.15, 0.2) is 0 Å². The van der Waals surface area contributed by atoms with Gasteiger partial charge in [0.2, 0.25) is 0 Å². The summed E-state index contributed by atoms with van der Waals surface area (Å²) in [6.07, 6.45) is -8.00. The van der Waals surface area contributed by atoms with Crippen LogP contribution in [-0.4, -0.2) is 85.8 Å². The van der Waals surface area contributed by atoms with E-state index in [9.17, 15) is 30.7 Å². The Morgan fingerprint density at radius 3 is 2.00 bits per heavy atom. The molecule has 2 aromatic rings. The van der Waals surface area contributed by atoms with E-state index in [2.05, 4.69) is 38.5 Å². The number of nitrogens with zero attached hydrogens (tertiary/aromatic N) is 5. The fourth-order valence-electron chi connectivity index (χ4n) is 4.40. The molecular weight excluding hydrogens is 531 g/mol. The number of halogens is 7. The van der Waals surface area contributed by atoms with Crippen molar-refractivity contribution in [1.82, 2.24) is 24.6 Å². The lowest BCUT2D eigenvalue weighted by molar-refractivity contribution is -0.193. The molecule has 2 N–H and O–H groups in total. The van der Waals surface area contributed by atoms with Gasteiger partial charge < -0.3 is 14.8 Å². The van der Waals surface area contributed by atoms with E-state index in [1.165, 1.54) is 6.07 Å². The Labute approximate surface area is 212 Å². The predicted octanol–water partition coefficient (Wildman–Crippen LogP) is 3.43. The zero-order chi connectivity index (χ0) is 28.9. The van der Waals surface area contributed by atoms with Crippen molar-refractivity contribution in [3.8, 4) is 0 Å². The summed E-state index contributed by atoms with van der Waals surface area (Å²) in [5.41, 5.74) is 1.15. The first-order valence-corrected chi connectivity index (χ1v) is 11.1. The molecule has 16 heteroatoms. The Morgan fingerprint density at radius 1 is 1.00 bits per heavy atom. The van der Waals surface area contributed by atoms with Gasteiger partial charge in [0.1, 0.15) is 17.5 Å². The van der Waals surface area contributed by atoms with Crippen LogP contribution in [-0.2, 0) is 28.2 Å². The van der Waals surface area contributed by atoms with E-state index in [1.54, 1.807) is 12.1 Å². The van der Waals surface area contributed by atoms with E-state index < -0.39 is 24.3 Å². The standard InChI is InChI=1S/C18H24FN5.2C2HF3O2/c1-14-20-21-17-12-22(2)13-18(24(14)17)6-8-23(9-7-18)11-15-4-3-5-16(19)10-15;2*3-2(4,5)1(6)7/h3-5,10H,6-9,11-13H2,1-2H3;2*(H,6,7). The van der Waals surface area contributed by atoms with E-state index in [4.69, 9.17) is 19.8 Å². The van der Waals surface area contributed by atoms with Crippen molar-refractivity contribution in [2.75, 3.05) is 26.7 Å². The summed E-state index contributed by atoms with van der Waals surface area (Å²) in [6.45, 7) is 6.82. The van der Waals surface area contributed by atoms with Crippen LogP contribution in [0.3, 0.4) is 0 Å². The highest BCUT2D eigenvalue weighted by Crippen LogP contribution is 2.36. The van der Waals surface area contributed by atoms with E-state index in [1.807, 2.05) is 6.07 Å². The maximum absolute atomic E-state index is 13.4. The number of likely N-dealkylation sites (tertiary alicyclic amines) is 1. The highest BCUT2D eigenvalue weighted by atomic mass is 19.4. The third-order valence-electron chi connectivity index (χ3n) is 5.91. The molecule has 9 nitrogen and oxygen atoms in total. The van der Waals surface area contributed by atoms with Crippen LogP contribution in [0, 0.1) is 12.7 Å². The van der Waals surface area contributed by atoms with Crippen molar-refractivity contribution < 1.29 is 50.5 Å². The summed E-state index contributed by atoms with van der Waals surface area (Å²) < 4.78 is 79.2. The van der Waals surface area contributed by atoms with Crippen LogP contribution in [0.1, 0.15) is 30.1 Å². The summed E-state index contributed by atoms with van der Waals surface area (Å²) in [6, 6.07) is 6.94. The van der Waals surface area contributed by atoms with E-state index in [0.717, 1.165) is 62.8 Å². The maximum Gasteiger partial charge on any atom is 0.490 e. The molecule has 1 saturated heterocycles. The summed E-state index contributed by atoms with van der Waals surface area (Å²) in [4.78, 5) is 22.6. The molecule has 3 heterocycles. The molecule has 38 heavy (non-hydrogen) atoms. The number of likely N-dealkylation sites (N-methyl/N-ethyl adjacent to an activating group) is 1. The Morgan fingerprint density at radius 2 is 1.53 bits per heavy atom. The fourth-order valence-corrected chi connectivity index (χ4v) is 4.40. The molecule has 0 radical (unpaired) electrons. The van der Waals surface area contributed by atoms with Gasteiger partial charge in [-0.05, 0) is 44.5 Å². The molecule has 0 saturated carbocycles. The lowest BCUT2D eigenvalue weighted by Crippen LogP contribution is -2.55. The lowest BCUT2D eigenvalue weighted by atomic mass is 9.84. The molecule has 1 aromatic carbocycles. The largest absolute Gasteiger partial charge is 0.490 e. The minimum atomic E-state index is -5.08. The van der Waals surface area contributed by atoms with Crippen molar-refractivity contribution in [2.24, 2.45) is 0 Å². The topological polar surface area (TPSA) is 112 Å². The van der Waals surface area contributed by atoms with Crippen LogP contribution in [0.2, 0.25) is 0 Å². The number of hydrogen-bond donors (Lipinski definition) is 2. The number of carboxylic acids is 2.